The molecular weight excluding hydrogens is 544 g/mol. The highest BCUT2D eigenvalue weighted by Gasteiger charge is 2.29. The van der Waals surface area contributed by atoms with Gasteiger partial charge in [0.1, 0.15) is 11.5 Å². The van der Waals surface area contributed by atoms with E-state index in [1.54, 1.807) is 12.1 Å². The highest BCUT2D eigenvalue weighted by molar-refractivity contribution is 7.16. The first-order valence-electron chi connectivity index (χ1n) is 12.8. The Morgan fingerprint density at radius 3 is 1.62 bits per heavy atom. The van der Waals surface area contributed by atoms with Crippen molar-refractivity contribution >= 4 is 44.9 Å². The number of carbonyl (C=O) groups excluding carboxylic acids is 2. The molecular formula is C30H34N4O4S2. The number of hydrogen-bond acceptors (Lipinski definition) is 10. The molecule has 0 fully saturated rings. The van der Waals surface area contributed by atoms with E-state index in [0.717, 1.165) is 33.6 Å². The fourth-order valence-electron chi connectivity index (χ4n) is 4.10. The van der Waals surface area contributed by atoms with E-state index in [1.165, 1.54) is 41.5 Å². The summed E-state index contributed by atoms with van der Waals surface area (Å²) in [5, 5.41) is 6.56. The van der Waals surface area contributed by atoms with E-state index in [-0.39, 0.29) is 22.8 Å². The van der Waals surface area contributed by atoms with Crippen molar-refractivity contribution in [3.8, 4) is 34.0 Å². The highest BCUT2D eigenvalue weighted by atomic mass is 32.1. The standard InChI is InChI=1S/C30H34N4O4S2/c1-17(35)37-21-11-9-19(10-12-21)24-15-39-27(32-24)34(31)28-33-25(16-40-28)20-13-22(29(3,4)5)26(38-18(2)36)23(14-20)30(6,7)8/h9-16H,31H2,1-8H3. The van der Waals surface area contributed by atoms with Crippen molar-refractivity contribution in [1.29, 1.82) is 0 Å². The molecule has 2 aromatic heterocycles. The molecule has 0 amide bonds. The number of aromatic nitrogens is 2. The number of anilines is 2. The Kier molecular flexibility index (Phi) is 8.16. The lowest BCUT2D eigenvalue weighted by Gasteiger charge is -2.29. The van der Waals surface area contributed by atoms with Crippen LogP contribution in [0.25, 0.3) is 22.5 Å². The number of esters is 2. The van der Waals surface area contributed by atoms with Crippen molar-refractivity contribution in [1.82, 2.24) is 9.97 Å². The van der Waals surface area contributed by atoms with Crippen molar-refractivity contribution in [2.45, 2.75) is 66.2 Å². The van der Waals surface area contributed by atoms with Crippen molar-refractivity contribution in [3.63, 3.8) is 0 Å². The predicted octanol–water partition coefficient (Wildman–Crippen LogP) is 7.39. The number of nitrogens with two attached hydrogens (primary N) is 1. The number of thiazole rings is 2. The number of nitrogens with zero attached hydrogens (tertiary/aromatic N) is 3. The van der Waals surface area contributed by atoms with E-state index in [4.69, 9.17) is 25.3 Å². The minimum Gasteiger partial charge on any atom is -0.427 e. The summed E-state index contributed by atoms with van der Waals surface area (Å²) in [5.41, 5.74) is 4.67. The molecule has 210 valence electrons. The maximum absolute atomic E-state index is 12.0. The van der Waals surface area contributed by atoms with Crippen LogP contribution in [0.15, 0.2) is 47.2 Å². The van der Waals surface area contributed by atoms with E-state index >= 15 is 0 Å². The van der Waals surface area contributed by atoms with Crippen LogP contribution in [0.4, 0.5) is 10.3 Å². The number of benzene rings is 2. The molecule has 0 aliphatic rings. The van der Waals surface area contributed by atoms with E-state index < -0.39 is 0 Å². The first kappa shape index (κ1) is 29.4. The molecule has 2 heterocycles. The predicted molar refractivity (Wildman–Crippen MR) is 161 cm³/mol. The Hall–Kier alpha value is -3.60. The molecule has 0 saturated heterocycles. The largest absolute Gasteiger partial charge is 0.427 e. The summed E-state index contributed by atoms with van der Waals surface area (Å²) in [6.07, 6.45) is 0. The zero-order valence-corrected chi connectivity index (χ0v) is 25.6. The Labute approximate surface area is 242 Å². The molecule has 0 saturated carbocycles. The highest BCUT2D eigenvalue weighted by Crippen LogP contribution is 2.43. The van der Waals surface area contributed by atoms with Crippen molar-refractivity contribution in [2.75, 3.05) is 5.01 Å². The van der Waals surface area contributed by atoms with Gasteiger partial charge in [-0.25, -0.2) is 20.8 Å². The second kappa shape index (κ2) is 11.1. The normalized spacial score (nSPS) is 11.8. The molecule has 10 heteroatoms. The molecule has 2 N–H and O–H groups in total. The molecule has 0 aliphatic heterocycles. The molecule has 8 nitrogen and oxygen atoms in total. The molecule has 40 heavy (non-hydrogen) atoms. The van der Waals surface area contributed by atoms with Gasteiger partial charge in [0.15, 0.2) is 0 Å². The first-order chi connectivity index (χ1) is 18.6. The topological polar surface area (TPSA) is 108 Å². The third-order valence-corrected chi connectivity index (χ3v) is 7.73. The van der Waals surface area contributed by atoms with Crippen molar-refractivity contribution < 1.29 is 19.1 Å². The number of hydrazine groups is 1. The van der Waals surface area contributed by atoms with Gasteiger partial charge >= 0.3 is 11.9 Å². The summed E-state index contributed by atoms with van der Waals surface area (Å²) < 4.78 is 10.9. The molecule has 0 radical (unpaired) electrons. The van der Waals surface area contributed by atoms with E-state index in [0.29, 0.717) is 21.8 Å². The van der Waals surface area contributed by atoms with Crippen molar-refractivity contribution in [2.24, 2.45) is 5.84 Å². The van der Waals surface area contributed by atoms with Crippen LogP contribution in [0.5, 0.6) is 11.5 Å². The van der Waals surface area contributed by atoms with Crippen LogP contribution in [0.1, 0.15) is 66.5 Å². The summed E-state index contributed by atoms with van der Waals surface area (Å²) >= 11 is 2.83. The Morgan fingerprint density at radius 2 is 1.20 bits per heavy atom. The maximum Gasteiger partial charge on any atom is 0.308 e. The Bertz CT molecular complexity index is 1510. The lowest BCUT2D eigenvalue weighted by Crippen LogP contribution is -2.24. The maximum atomic E-state index is 12.0. The SMILES string of the molecule is CC(=O)Oc1ccc(-c2csc(N(N)c3nc(-c4cc(C(C)(C)C)c(OC(C)=O)c(C(C)(C)C)c4)cs3)n2)cc1. The van der Waals surface area contributed by atoms with Gasteiger partial charge in [0.25, 0.3) is 0 Å². The minimum absolute atomic E-state index is 0.271. The molecule has 0 aliphatic carbocycles. The number of hydrogen-bond donors (Lipinski definition) is 1. The molecule has 0 unspecified atom stereocenters. The smallest absolute Gasteiger partial charge is 0.308 e. The summed E-state index contributed by atoms with van der Waals surface area (Å²) in [4.78, 5) is 32.7. The molecule has 2 aromatic carbocycles. The molecule has 0 bridgehead atoms. The summed E-state index contributed by atoms with van der Waals surface area (Å²) in [5.74, 6) is 6.85. The third kappa shape index (κ3) is 6.57. The van der Waals surface area contributed by atoms with Crippen molar-refractivity contribution in [3.05, 3.63) is 58.3 Å². The molecule has 0 atom stereocenters. The van der Waals surface area contributed by atoms with E-state index in [2.05, 4.69) is 41.5 Å². The second-order valence-electron chi connectivity index (χ2n) is 11.5. The van der Waals surface area contributed by atoms with Crippen LogP contribution < -0.4 is 20.3 Å². The van der Waals surface area contributed by atoms with E-state index in [1.807, 2.05) is 35.0 Å². The first-order valence-corrected chi connectivity index (χ1v) is 14.5. The van der Waals surface area contributed by atoms with Gasteiger partial charge < -0.3 is 9.47 Å². The average Bonchev–Trinajstić information content (AvgIpc) is 3.53. The van der Waals surface area contributed by atoms with Crippen LogP contribution in [-0.4, -0.2) is 21.9 Å². The summed E-state index contributed by atoms with van der Waals surface area (Å²) in [7, 11) is 0. The van der Waals surface area contributed by atoms with Crippen LogP contribution in [0.2, 0.25) is 0 Å². The Morgan fingerprint density at radius 1 is 0.750 bits per heavy atom. The van der Waals surface area contributed by atoms with Gasteiger partial charge in [0.2, 0.25) is 10.3 Å². The second-order valence-corrected chi connectivity index (χ2v) is 13.2. The van der Waals surface area contributed by atoms with Gasteiger partial charge in [-0.3, -0.25) is 9.59 Å². The number of rotatable bonds is 6. The number of ether oxygens (including phenoxy) is 2. The molecule has 4 aromatic rings. The van der Waals surface area contributed by atoms with E-state index in [9.17, 15) is 9.59 Å². The van der Waals surface area contributed by atoms with Gasteiger partial charge in [0.05, 0.1) is 11.4 Å². The summed E-state index contributed by atoms with van der Waals surface area (Å²) in [6, 6.07) is 11.3. The zero-order valence-electron chi connectivity index (χ0n) is 24.0. The van der Waals surface area contributed by atoms with Gasteiger partial charge in [-0.05, 0) is 47.2 Å². The van der Waals surface area contributed by atoms with Crippen LogP contribution in [-0.2, 0) is 20.4 Å². The van der Waals surface area contributed by atoms with Crippen LogP contribution in [0, 0.1) is 0 Å². The zero-order chi connectivity index (χ0) is 29.4. The quantitative estimate of drug-likeness (QED) is 0.109. The monoisotopic (exact) mass is 578 g/mol. The Balaban J connectivity index is 1.66. The fourth-order valence-corrected chi connectivity index (χ4v) is 5.67. The van der Waals surface area contributed by atoms with Crippen LogP contribution in [0.3, 0.4) is 0 Å². The van der Waals surface area contributed by atoms with Gasteiger partial charge in [-0.2, -0.15) is 0 Å². The van der Waals surface area contributed by atoms with Gasteiger partial charge in [-0.1, -0.05) is 41.5 Å². The number of carbonyl (C=O) groups is 2. The minimum atomic E-state index is -0.366. The van der Waals surface area contributed by atoms with Gasteiger partial charge in [-0.15, -0.1) is 22.7 Å². The molecule has 0 spiro atoms. The average molecular weight is 579 g/mol. The lowest BCUT2D eigenvalue weighted by atomic mass is 9.78. The third-order valence-electron chi connectivity index (χ3n) is 6.05. The summed E-state index contributed by atoms with van der Waals surface area (Å²) in [6.45, 7) is 15.4. The van der Waals surface area contributed by atoms with Crippen LogP contribution >= 0.6 is 22.7 Å². The molecule has 4 rings (SSSR count). The van der Waals surface area contributed by atoms with Gasteiger partial charge in [0, 0.05) is 46.9 Å². The fraction of sp³-hybridized carbons (Fsp3) is 0.333. The lowest BCUT2D eigenvalue weighted by molar-refractivity contribution is -0.132.